The predicted molar refractivity (Wildman–Crippen MR) is 83.7 cm³/mol. The number of carboxylic acid groups (broad SMARTS) is 1. The monoisotopic (exact) mass is 352 g/mol. The summed E-state index contributed by atoms with van der Waals surface area (Å²) in [5, 5.41) is 25.5. The van der Waals surface area contributed by atoms with E-state index in [9.17, 15) is 23.1 Å². The second kappa shape index (κ2) is 7.35. The number of hydrogen-bond acceptors (Lipinski definition) is 3. The number of halogens is 3. The molecule has 1 atom stereocenters. The maximum absolute atomic E-state index is 12.8. The van der Waals surface area contributed by atoms with Crippen molar-refractivity contribution in [1.82, 2.24) is 5.48 Å². The van der Waals surface area contributed by atoms with Crippen molar-refractivity contribution in [2.75, 3.05) is 0 Å². The highest BCUT2D eigenvalue weighted by Gasteiger charge is 2.31. The Kier molecular flexibility index (Phi) is 5.43. The molecule has 5 nitrogen and oxygen atoms in total. The zero-order valence-electron chi connectivity index (χ0n) is 12.8. The van der Waals surface area contributed by atoms with Gasteiger partial charge in [0.25, 0.3) is 0 Å². The topological polar surface area (TPSA) is 93.4 Å². The molecule has 132 valence electrons. The summed E-state index contributed by atoms with van der Waals surface area (Å²) >= 11 is 0. The minimum Gasteiger partial charge on any atom is -0.481 e. The fourth-order valence-electron chi connectivity index (χ4n) is 2.39. The number of amidine groups is 1. The summed E-state index contributed by atoms with van der Waals surface area (Å²) in [5.74, 6) is -2.59. The molecule has 0 saturated heterocycles. The van der Waals surface area contributed by atoms with E-state index in [2.05, 4.69) is 0 Å². The molecular weight excluding hydrogens is 337 g/mol. The molecule has 2 aromatic rings. The molecule has 4 N–H and O–H groups in total. The average Bonchev–Trinajstić information content (AvgIpc) is 2.58. The van der Waals surface area contributed by atoms with Crippen LogP contribution in [0.1, 0.15) is 28.2 Å². The van der Waals surface area contributed by atoms with Gasteiger partial charge >= 0.3 is 12.1 Å². The van der Waals surface area contributed by atoms with Crippen LogP contribution in [0.5, 0.6) is 0 Å². The normalized spacial score (nSPS) is 12.5. The lowest BCUT2D eigenvalue weighted by atomic mass is 9.90. The minimum absolute atomic E-state index is 0.00316. The number of aliphatic carboxylic acids is 1. The van der Waals surface area contributed by atoms with Gasteiger partial charge in [0.2, 0.25) is 0 Å². The lowest BCUT2D eigenvalue weighted by Crippen LogP contribution is -2.19. The SMILES string of the molecule is N=C(NO)c1ccc(CC(C(=O)O)c2cccc(C(F)(F)F)c2)cc1. The van der Waals surface area contributed by atoms with Crippen LogP contribution >= 0.6 is 0 Å². The van der Waals surface area contributed by atoms with E-state index < -0.39 is 23.6 Å². The van der Waals surface area contributed by atoms with Gasteiger partial charge in [-0.2, -0.15) is 13.2 Å². The van der Waals surface area contributed by atoms with E-state index in [-0.39, 0.29) is 17.8 Å². The van der Waals surface area contributed by atoms with Crippen LogP contribution < -0.4 is 5.48 Å². The Bertz CT molecular complexity index is 773. The van der Waals surface area contributed by atoms with E-state index in [0.29, 0.717) is 11.1 Å². The van der Waals surface area contributed by atoms with Crippen LogP contribution in [0.25, 0.3) is 0 Å². The molecule has 0 bridgehead atoms. The molecule has 0 aliphatic heterocycles. The number of alkyl halides is 3. The van der Waals surface area contributed by atoms with Gasteiger partial charge < -0.3 is 5.11 Å². The fraction of sp³-hybridized carbons (Fsp3) is 0.176. The van der Waals surface area contributed by atoms with Crippen LogP contribution in [-0.2, 0) is 17.4 Å². The van der Waals surface area contributed by atoms with E-state index in [1.807, 2.05) is 0 Å². The molecule has 0 fully saturated rings. The summed E-state index contributed by atoms with van der Waals surface area (Å²) in [4.78, 5) is 11.5. The standard InChI is InChI=1S/C17H15F3N2O3/c18-17(19,20)13-3-1-2-12(9-13)14(16(23)24)8-10-4-6-11(7-5-10)15(21)22-25/h1-7,9,14,25H,8H2,(H2,21,22)(H,23,24). The first-order chi connectivity index (χ1) is 11.7. The molecule has 2 aromatic carbocycles. The third-order valence-corrected chi connectivity index (χ3v) is 3.71. The Labute approximate surface area is 141 Å². The summed E-state index contributed by atoms with van der Waals surface area (Å²) in [7, 11) is 0. The van der Waals surface area contributed by atoms with Crippen LogP contribution in [0.3, 0.4) is 0 Å². The highest BCUT2D eigenvalue weighted by Crippen LogP contribution is 2.32. The first-order valence-electron chi connectivity index (χ1n) is 7.20. The molecule has 0 saturated carbocycles. The molecule has 0 aromatic heterocycles. The molecule has 25 heavy (non-hydrogen) atoms. The quantitative estimate of drug-likeness (QED) is 0.377. The van der Waals surface area contributed by atoms with Gasteiger partial charge in [-0.05, 0) is 23.6 Å². The van der Waals surface area contributed by atoms with Gasteiger partial charge in [-0.3, -0.25) is 20.9 Å². The molecule has 2 rings (SSSR count). The lowest BCUT2D eigenvalue weighted by molar-refractivity contribution is -0.140. The molecule has 1 unspecified atom stereocenters. The van der Waals surface area contributed by atoms with Gasteiger partial charge in [0.05, 0.1) is 11.5 Å². The Morgan fingerprint density at radius 2 is 1.80 bits per heavy atom. The molecule has 0 spiro atoms. The summed E-state index contributed by atoms with van der Waals surface area (Å²) in [5.41, 5.74) is 1.83. The van der Waals surface area contributed by atoms with Crippen LogP contribution in [-0.4, -0.2) is 22.1 Å². The van der Waals surface area contributed by atoms with Gasteiger partial charge in [0.15, 0.2) is 0 Å². The third kappa shape index (κ3) is 4.57. The number of hydroxylamine groups is 1. The van der Waals surface area contributed by atoms with E-state index in [1.165, 1.54) is 24.3 Å². The number of rotatable bonds is 5. The van der Waals surface area contributed by atoms with Crippen LogP contribution in [0.15, 0.2) is 48.5 Å². The van der Waals surface area contributed by atoms with Crippen LogP contribution in [0.4, 0.5) is 13.2 Å². The molecule has 8 heteroatoms. The predicted octanol–water partition coefficient (Wildman–Crippen LogP) is 3.42. The van der Waals surface area contributed by atoms with Gasteiger partial charge in [0, 0.05) is 5.56 Å². The molecule has 0 aliphatic carbocycles. The lowest BCUT2D eigenvalue weighted by Gasteiger charge is -2.15. The van der Waals surface area contributed by atoms with Gasteiger partial charge in [-0.15, -0.1) is 0 Å². The largest absolute Gasteiger partial charge is 0.481 e. The van der Waals surface area contributed by atoms with Crippen molar-refractivity contribution in [1.29, 1.82) is 5.41 Å². The molecule has 0 amide bonds. The number of nitrogens with one attached hydrogen (secondary N) is 2. The van der Waals surface area contributed by atoms with Crippen LogP contribution in [0, 0.1) is 5.41 Å². The van der Waals surface area contributed by atoms with E-state index in [4.69, 9.17) is 10.6 Å². The van der Waals surface area contributed by atoms with Gasteiger partial charge in [-0.25, -0.2) is 0 Å². The van der Waals surface area contributed by atoms with Crippen molar-refractivity contribution in [3.8, 4) is 0 Å². The Balaban J connectivity index is 2.28. The number of hydrogen-bond donors (Lipinski definition) is 4. The Morgan fingerprint density at radius 1 is 1.16 bits per heavy atom. The molecular formula is C17H15F3N2O3. The molecule has 0 radical (unpaired) electrons. The summed E-state index contributed by atoms with van der Waals surface area (Å²) < 4.78 is 38.5. The summed E-state index contributed by atoms with van der Waals surface area (Å²) in [6, 6.07) is 10.4. The highest BCUT2D eigenvalue weighted by molar-refractivity contribution is 5.95. The zero-order chi connectivity index (χ0) is 18.6. The molecule has 0 heterocycles. The molecule has 0 aliphatic rings. The number of carboxylic acids is 1. The highest BCUT2D eigenvalue weighted by atomic mass is 19.4. The fourth-order valence-corrected chi connectivity index (χ4v) is 2.39. The van der Waals surface area contributed by atoms with Crippen molar-refractivity contribution in [3.05, 3.63) is 70.8 Å². The number of benzene rings is 2. The van der Waals surface area contributed by atoms with Crippen molar-refractivity contribution in [2.45, 2.75) is 18.5 Å². The maximum atomic E-state index is 12.8. The van der Waals surface area contributed by atoms with Crippen molar-refractivity contribution >= 4 is 11.8 Å². The maximum Gasteiger partial charge on any atom is 0.416 e. The van der Waals surface area contributed by atoms with Crippen molar-refractivity contribution in [3.63, 3.8) is 0 Å². The smallest absolute Gasteiger partial charge is 0.416 e. The third-order valence-electron chi connectivity index (χ3n) is 3.71. The minimum atomic E-state index is -4.54. The zero-order valence-corrected chi connectivity index (χ0v) is 12.8. The second-order valence-corrected chi connectivity index (χ2v) is 5.40. The van der Waals surface area contributed by atoms with Gasteiger partial charge in [0.1, 0.15) is 5.84 Å². The average molecular weight is 352 g/mol. The summed E-state index contributed by atoms with van der Waals surface area (Å²) in [6.07, 6.45) is -4.55. The van der Waals surface area contributed by atoms with E-state index in [1.54, 1.807) is 17.6 Å². The van der Waals surface area contributed by atoms with Crippen molar-refractivity contribution in [2.24, 2.45) is 0 Å². The van der Waals surface area contributed by atoms with E-state index >= 15 is 0 Å². The number of carbonyl (C=O) groups is 1. The Hall–Kier alpha value is -2.87. The second-order valence-electron chi connectivity index (χ2n) is 5.40. The Morgan fingerprint density at radius 3 is 2.32 bits per heavy atom. The first-order valence-corrected chi connectivity index (χ1v) is 7.20. The van der Waals surface area contributed by atoms with Crippen molar-refractivity contribution < 1.29 is 28.3 Å². The van der Waals surface area contributed by atoms with E-state index in [0.717, 1.165) is 12.1 Å². The van der Waals surface area contributed by atoms with Crippen LogP contribution in [0.2, 0.25) is 0 Å². The summed E-state index contributed by atoms with van der Waals surface area (Å²) in [6.45, 7) is 0. The van der Waals surface area contributed by atoms with Gasteiger partial charge in [-0.1, -0.05) is 42.5 Å². The first kappa shape index (κ1) is 18.5.